The summed E-state index contributed by atoms with van der Waals surface area (Å²) < 4.78 is 41.1. The minimum absolute atomic E-state index is 0.0564. The molecule has 0 saturated carbocycles. The van der Waals surface area contributed by atoms with Crippen LogP contribution in [0.2, 0.25) is 0 Å². The second kappa shape index (κ2) is 9.73. The van der Waals surface area contributed by atoms with Crippen molar-refractivity contribution < 1.29 is 22.4 Å². The van der Waals surface area contributed by atoms with Gasteiger partial charge in [0.2, 0.25) is 15.9 Å². The van der Waals surface area contributed by atoms with Crippen LogP contribution in [0.3, 0.4) is 0 Å². The third kappa shape index (κ3) is 5.48. The molecule has 2 amide bonds. The molecule has 2 aromatic carbocycles. The first-order chi connectivity index (χ1) is 14.8. The first kappa shape index (κ1) is 22.5. The van der Waals surface area contributed by atoms with Crippen LogP contribution < -0.4 is 10.6 Å². The Balaban J connectivity index is 1.67. The lowest BCUT2D eigenvalue weighted by Crippen LogP contribution is -2.36. The van der Waals surface area contributed by atoms with Crippen molar-refractivity contribution >= 4 is 27.5 Å². The molecule has 1 fully saturated rings. The van der Waals surface area contributed by atoms with E-state index in [2.05, 4.69) is 16.6 Å². The Morgan fingerprint density at radius 2 is 1.84 bits per heavy atom. The summed E-state index contributed by atoms with van der Waals surface area (Å²) in [5, 5.41) is 5.00. The molecular formula is C22H22FN3O4S. The summed E-state index contributed by atoms with van der Waals surface area (Å²) >= 11 is 0. The molecule has 1 aliphatic heterocycles. The molecule has 0 radical (unpaired) electrons. The van der Waals surface area contributed by atoms with E-state index in [9.17, 15) is 22.4 Å². The van der Waals surface area contributed by atoms with Gasteiger partial charge < -0.3 is 10.6 Å². The van der Waals surface area contributed by atoms with E-state index in [1.54, 1.807) is 24.3 Å². The van der Waals surface area contributed by atoms with Crippen LogP contribution >= 0.6 is 0 Å². The molecule has 2 aromatic rings. The van der Waals surface area contributed by atoms with E-state index in [1.165, 1.54) is 10.4 Å². The van der Waals surface area contributed by atoms with Crippen molar-refractivity contribution in [1.29, 1.82) is 0 Å². The van der Waals surface area contributed by atoms with Crippen LogP contribution in [0.1, 0.15) is 35.2 Å². The van der Waals surface area contributed by atoms with E-state index in [1.807, 2.05) is 0 Å². The summed E-state index contributed by atoms with van der Waals surface area (Å²) in [4.78, 5) is 24.0. The largest absolute Gasteiger partial charge is 0.343 e. The van der Waals surface area contributed by atoms with Gasteiger partial charge in [-0.3, -0.25) is 9.59 Å². The molecule has 1 heterocycles. The molecule has 1 aliphatic rings. The number of rotatable bonds is 6. The summed E-state index contributed by atoms with van der Waals surface area (Å²) in [5.74, 6) is 0.344. The van der Waals surface area contributed by atoms with Gasteiger partial charge in [0.05, 0.1) is 6.54 Å². The van der Waals surface area contributed by atoms with Crippen molar-refractivity contribution in [2.24, 2.45) is 0 Å². The minimum atomic E-state index is -4.04. The zero-order chi connectivity index (χ0) is 22.4. The summed E-state index contributed by atoms with van der Waals surface area (Å²) in [5.41, 5.74) is 1.01. The van der Waals surface area contributed by atoms with Crippen LogP contribution in [0.4, 0.5) is 10.1 Å². The van der Waals surface area contributed by atoms with Crippen LogP contribution in [-0.4, -0.2) is 44.2 Å². The van der Waals surface area contributed by atoms with Crippen molar-refractivity contribution in [2.75, 3.05) is 25.0 Å². The number of carbonyl (C=O) groups excluding carboxylic acids is 2. The molecular weight excluding hydrogens is 421 g/mol. The highest BCUT2D eigenvalue weighted by atomic mass is 32.2. The maximum absolute atomic E-state index is 14.3. The van der Waals surface area contributed by atoms with Gasteiger partial charge in [-0.2, -0.15) is 4.31 Å². The lowest BCUT2D eigenvalue weighted by atomic mass is 10.2. The Morgan fingerprint density at radius 3 is 2.55 bits per heavy atom. The Morgan fingerprint density at radius 1 is 1.10 bits per heavy atom. The average molecular weight is 444 g/mol. The number of anilines is 1. The number of nitrogens with one attached hydrogen (secondary N) is 2. The van der Waals surface area contributed by atoms with Crippen LogP contribution in [0.15, 0.2) is 47.4 Å². The number of halogens is 1. The molecule has 0 atom stereocenters. The van der Waals surface area contributed by atoms with E-state index in [-0.39, 0.29) is 12.1 Å². The number of piperidine rings is 1. The van der Waals surface area contributed by atoms with E-state index in [4.69, 9.17) is 6.42 Å². The van der Waals surface area contributed by atoms with Gasteiger partial charge in [-0.15, -0.1) is 6.42 Å². The molecule has 0 bridgehead atoms. The molecule has 31 heavy (non-hydrogen) atoms. The molecule has 9 heteroatoms. The van der Waals surface area contributed by atoms with Gasteiger partial charge in [0.25, 0.3) is 5.91 Å². The monoisotopic (exact) mass is 443 g/mol. The van der Waals surface area contributed by atoms with E-state index >= 15 is 0 Å². The molecule has 162 valence electrons. The predicted octanol–water partition coefficient (Wildman–Crippen LogP) is 2.35. The zero-order valence-electron chi connectivity index (χ0n) is 16.7. The summed E-state index contributed by atoms with van der Waals surface area (Å²) in [7, 11) is -4.04. The molecule has 0 aromatic heterocycles. The Bertz CT molecular complexity index is 1140. The van der Waals surface area contributed by atoms with Crippen molar-refractivity contribution in [3.05, 3.63) is 59.4 Å². The van der Waals surface area contributed by atoms with Gasteiger partial charge in [-0.25, -0.2) is 12.8 Å². The molecule has 0 unspecified atom stereocenters. The maximum atomic E-state index is 14.3. The number of hydrogen-bond acceptors (Lipinski definition) is 4. The lowest BCUT2D eigenvalue weighted by Gasteiger charge is -2.26. The standard InChI is InChI=1S/C22H22FN3O4S/c1-2-16-7-6-8-18(13-16)25-21(27)15-24-22(28)17-9-10-19(23)20(14-17)31(29,30)26-11-4-3-5-12-26/h1,6-10,13-14H,3-5,11-12,15H2,(H,24,28)(H,25,27). The third-order valence-electron chi connectivity index (χ3n) is 4.85. The van der Waals surface area contributed by atoms with E-state index in [0.29, 0.717) is 37.2 Å². The van der Waals surface area contributed by atoms with E-state index < -0.39 is 32.6 Å². The number of nitrogens with zero attached hydrogens (tertiary/aromatic N) is 1. The van der Waals surface area contributed by atoms with Gasteiger partial charge in [0.1, 0.15) is 10.7 Å². The SMILES string of the molecule is C#Cc1cccc(NC(=O)CNC(=O)c2ccc(F)c(S(=O)(=O)N3CCCCC3)c2)c1. The minimum Gasteiger partial charge on any atom is -0.343 e. The maximum Gasteiger partial charge on any atom is 0.251 e. The summed E-state index contributed by atoms with van der Waals surface area (Å²) in [6.45, 7) is 0.281. The van der Waals surface area contributed by atoms with Gasteiger partial charge in [-0.05, 0) is 49.2 Å². The Kier molecular flexibility index (Phi) is 7.05. The van der Waals surface area contributed by atoms with Gasteiger partial charge in [0, 0.05) is 29.9 Å². The number of benzene rings is 2. The average Bonchev–Trinajstić information content (AvgIpc) is 2.78. The molecule has 2 N–H and O–H groups in total. The number of hydrogen-bond donors (Lipinski definition) is 2. The highest BCUT2D eigenvalue weighted by molar-refractivity contribution is 7.89. The fourth-order valence-corrected chi connectivity index (χ4v) is 4.85. The fourth-order valence-electron chi connectivity index (χ4n) is 3.24. The number of terminal acetylenes is 1. The van der Waals surface area contributed by atoms with Crippen molar-refractivity contribution in [1.82, 2.24) is 9.62 Å². The van der Waals surface area contributed by atoms with Gasteiger partial charge in [-0.1, -0.05) is 18.4 Å². The smallest absolute Gasteiger partial charge is 0.251 e. The second-order valence-electron chi connectivity index (χ2n) is 7.07. The quantitative estimate of drug-likeness (QED) is 0.670. The third-order valence-corrected chi connectivity index (χ3v) is 6.76. The van der Waals surface area contributed by atoms with Crippen LogP contribution in [0, 0.1) is 18.2 Å². The van der Waals surface area contributed by atoms with Crippen LogP contribution in [0.5, 0.6) is 0 Å². The topological polar surface area (TPSA) is 95.6 Å². The molecule has 3 rings (SSSR count). The first-order valence-electron chi connectivity index (χ1n) is 9.75. The fraction of sp³-hybridized carbons (Fsp3) is 0.273. The molecule has 0 aliphatic carbocycles. The number of amides is 2. The van der Waals surface area contributed by atoms with Crippen LogP contribution in [-0.2, 0) is 14.8 Å². The van der Waals surface area contributed by atoms with Crippen LogP contribution in [0.25, 0.3) is 0 Å². The second-order valence-corrected chi connectivity index (χ2v) is 8.97. The summed E-state index contributed by atoms with van der Waals surface area (Å²) in [6.07, 6.45) is 7.66. The number of carbonyl (C=O) groups is 2. The van der Waals surface area contributed by atoms with Crippen molar-refractivity contribution in [2.45, 2.75) is 24.2 Å². The zero-order valence-corrected chi connectivity index (χ0v) is 17.5. The lowest BCUT2D eigenvalue weighted by molar-refractivity contribution is -0.115. The first-order valence-corrected chi connectivity index (χ1v) is 11.2. The highest BCUT2D eigenvalue weighted by Crippen LogP contribution is 2.24. The normalized spacial score (nSPS) is 14.5. The Labute approximate surface area is 180 Å². The Hall–Kier alpha value is -3.22. The highest BCUT2D eigenvalue weighted by Gasteiger charge is 2.29. The summed E-state index contributed by atoms with van der Waals surface area (Å²) in [6, 6.07) is 9.78. The molecule has 1 saturated heterocycles. The van der Waals surface area contributed by atoms with E-state index in [0.717, 1.165) is 18.6 Å². The number of sulfonamides is 1. The van der Waals surface area contributed by atoms with Crippen molar-refractivity contribution in [3.63, 3.8) is 0 Å². The van der Waals surface area contributed by atoms with Crippen molar-refractivity contribution in [3.8, 4) is 12.3 Å². The van der Waals surface area contributed by atoms with Gasteiger partial charge >= 0.3 is 0 Å². The molecule has 7 nitrogen and oxygen atoms in total. The predicted molar refractivity (Wildman–Crippen MR) is 114 cm³/mol. The van der Waals surface area contributed by atoms with Gasteiger partial charge in [0.15, 0.2) is 0 Å². The molecule has 0 spiro atoms.